The van der Waals surface area contributed by atoms with E-state index in [1.807, 2.05) is 0 Å². The second-order valence-electron chi connectivity index (χ2n) is 5.74. The first-order valence-electron chi connectivity index (χ1n) is 7.91. The summed E-state index contributed by atoms with van der Waals surface area (Å²) in [5.41, 5.74) is 6.09. The Morgan fingerprint density at radius 3 is 2.76 bits per heavy atom. The van der Waals surface area contributed by atoms with E-state index < -0.39 is 29.2 Å². The first kappa shape index (κ1) is 22.9. The number of hydrogen-bond acceptors (Lipinski definition) is 10. The lowest BCUT2D eigenvalue weighted by Gasteiger charge is -2.49. The number of nitrogens with one attached hydrogen (secondary N) is 1. The third-order valence-electron chi connectivity index (χ3n) is 4.02. The number of carboxylic acid groups (broad SMARTS) is 1. The minimum Gasteiger partial charge on any atom is -0.477 e. The molecule has 0 aliphatic carbocycles. The van der Waals surface area contributed by atoms with Gasteiger partial charge in [-0.05, 0) is 5.57 Å². The predicted molar refractivity (Wildman–Crippen MR) is 109 cm³/mol. The number of oxime groups is 1. The van der Waals surface area contributed by atoms with Crippen molar-refractivity contribution in [1.82, 2.24) is 15.2 Å². The molecule has 3 heterocycles. The van der Waals surface area contributed by atoms with Gasteiger partial charge in [0.25, 0.3) is 11.8 Å². The Bertz CT molecular complexity index is 888. The van der Waals surface area contributed by atoms with Crippen LogP contribution in [0.3, 0.4) is 0 Å². The molecule has 0 radical (unpaired) electrons. The number of fused-ring (bicyclic) bond motifs is 1. The molecule has 1 aromatic heterocycles. The number of amides is 2. The van der Waals surface area contributed by atoms with Crippen LogP contribution in [0, 0.1) is 0 Å². The molecular formula is C15H18ClN5O6S2. The van der Waals surface area contributed by atoms with Gasteiger partial charge in [0.1, 0.15) is 29.9 Å². The number of aliphatic carboxylic acids is 1. The number of nitrogens with zero attached hydrogens (tertiary/aromatic N) is 3. The lowest BCUT2D eigenvalue weighted by atomic mass is 10.0. The van der Waals surface area contributed by atoms with Gasteiger partial charge in [-0.2, -0.15) is 0 Å². The number of carboxylic acids is 1. The molecule has 0 aromatic carbocycles. The summed E-state index contributed by atoms with van der Waals surface area (Å²) in [7, 11) is 2.73. The van der Waals surface area contributed by atoms with E-state index in [1.165, 1.54) is 30.9 Å². The average molecular weight is 464 g/mol. The van der Waals surface area contributed by atoms with Crippen LogP contribution in [-0.4, -0.2) is 76.5 Å². The van der Waals surface area contributed by atoms with Crippen LogP contribution in [0.1, 0.15) is 5.69 Å². The number of ether oxygens (including phenoxy) is 1. The number of methoxy groups -OCH3 is 1. The Labute approximate surface area is 179 Å². The number of carbonyl (C=O) groups excluding carboxylic acids is 2. The summed E-state index contributed by atoms with van der Waals surface area (Å²) in [4.78, 5) is 46.7. The molecule has 1 unspecified atom stereocenters. The second-order valence-corrected chi connectivity index (χ2v) is 7.74. The van der Waals surface area contributed by atoms with E-state index in [0.29, 0.717) is 11.3 Å². The van der Waals surface area contributed by atoms with Gasteiger partial charge in [0.2, 0.25) is 0 Å². The Kier molecular flexibility index (Phi) is 7.46. The minimum absolute atomic E-state index is 0. The third-order valence-corrected chi connectivity index (χ3v) is 6.03. The smallest absolute Gasteiger partial charge is 0.352 e. The average Bonchev–Trinajstić information content (AvgIpc) is 3.09. The summed E-state index contributed by atoms with van der Waals surface area (Å²) in [6.45, 7) is 0.109. The highest BCUT2D eigenvalue weighted by atomic mass is 35.5. The van der Waals surface area contributed by atoms with Crippen LogP contribution < -0.4 is 11.1 Å². The number of thioether (sulfide) groups is 1. The van der Waals surface area contributed by atoms with Gasteiger partial charge in [-0.15, -0.1) is 35.5 Å². The molecule has 14 heteroatoms. The minimum atomic E-state index is -1.21. The van der Waals surface area contributed by atoms with Crippen LogP contribution in [0.15, 0.2) is 21.8 Å². The Morgan fingerprint density at radius 2 is 2.21 bits per heavy atom. The summed E-state index contributed by atoms with van der Waals surface area (Å²) < 4.78 is 5.02. The standard InChI is InChI=1S/C15H17N5O6S2.ClH/c1-25-3-6-4-27-13-9(12(22)20(13)10(6)14(23)24)18-11(21)8(19-26-2)7-5-28-15(16)17-7;/h5,9,13H,3-4H2,1-2H3,(H2,16,17)(H,18,21)(H,23,24);1H/t9?,13-;/m1./s1. The van der Waals surface area contributed by atoms with E-state index in [-0.39, 0.29) is 41.2 Å². The zero-order chi connectivity index (χ0) is 20.4. The molecule has 0 spiro atoms. The molecule has 158 valence electrons. The molecule has 1 saturated heterocycles. The molecule has 2 amide bonds. The Hall–Kier alpha value is -2.35. The summed E-state index contributed by atoms with van der Waals surface area (Å²) in [6.07, 6.45) is 0. The molecule has 1 aromatic rings. The highest BCUT2D eigenvalue weighted by Gasteiger charge is 2.54. The van der Waals surface area contributed by atoms with E-state index in [0.717, 1.165) is 11.3 Å². The number of anilines is 1. The number of nitrogens with two attached hydrogens (primary N) is 1. The molecule has 2 aliphatic heterocycles. The molecule has 0 bridgehead atoms. The van der Waals surface area contributed by atoms with Crippen LogP contribution in [0.5, 0.6) is 0 Å². The second kappa shape index (κ2) is 9.43. The number of halogens is 1. The van der Waals surface area contributed by atoms with Crippen molar-refractivity contribution in [3.8, 4) is 0 Å². The van der Waals surface area contributed by atoms with Crippen molar-refractivity contribution in [3.63, 3.8) is 0 Å². The van der Waals surface area contributed by atoms with E-state index in [4.69, 9.17) is 15.3 Å². The van der Waals surface area contributed by atoms with E-state index >= 15 is 0 Å². The predicted octanol–water partition coefficient (Wildman–Crippen LogP) is -0.117. The number of aromatic nitrogens is 1. The van der Waals surface area contributed by atoms with Crippen molar-refractivity contribution in [3.05, 3.63) is 22.3 Å². The monoisotopic (exact) mass is 463 g/mol. The maximum Gasteiger partial charge on any atom is 0.352 e. The number of rotatable bonds is 7. The maximum absolute atomic E-state index is 12.6. The molecule has 29 heavy (non-hydrogen) atoms. The fraction of sp³-hybridized carbons (Fsp3) is 0.400. The first-order chi connectivity index (χ1) is 13.4. The zero-order valence-electron chi connectivity index (χ0n) is 15.3. The Morgan fingerprint density at radius 1 is 1.48 bits per heavy atom. The van der Waals surface area contributed by atoms with Crippen LogP contribution in [0.2, 0.25) is 0 Å². The summed E-state index contributed by atoms with van der Waals surface area (Å²) in [6, 6.07) is -0.894. The van der Waals surface area contributed by atoms with Gasteiger partial charge in [-0.25, -0.2) is 9.78 Å². The number of hydrogen-bond donors (Lipinski definition) is 3. The zero-order valence-corrected chi connectivity index (χ0v) is 17.7. The van der Waals surface area contributed by atoms with Gasteiger partial charge >= 0.3 is 5.97 Å². The van der Waals surface area contributed by atoms with Gasteiger partial charge < -0.3 is 25.7 Å². The van der Waals surface area contributed by atoms with Gasteiger partial charge in [-0.1, -0.05) is 5.16 Å². The number of carbonyl (C=O) groups is 3. The number of nitrogen functional groups attached to an aromatic ring is 1. The fourth-order valence-corrected chi connectivity index (χ4v) is 4.75. The summed E-state index contributed by atoms with van der Waals surface area (Å²) >= 11 is 2.47. The highest BCUT2D eigenvalue weighted by molar-refractivity contribution is 8.00. The molecule has 2 atom stereocenters. The SMILES string of the molecule is COCC1=C(C(=O)O)N2C(=O)C(NC(=O)C(=NOC)c3csc(N)n3)[C@H]2SC1.Cl. The first-order valence-corrected chi connectivity index (χ1v) is 9.84. The normalized spacial score (nSPS) is 21.1. The topological polar surface area (TPSA) is 156 Å². The number of thiazole rings is 1. The van der Waals surface area contributed by atoms with Crippen molar-refractivity contribution >= 4 is 64.1 Å². The lowest BCUT2D eigenvalue weighted by molar-refractivity contribution is -0.150. The fourth-order valence-electron chi connectivity index (χ4n) is 2.87. The summed E-state index contributed by atoms with van der Waals surface area (Å²) in [5, 5.41) is 17.0. The van der Waals surface area contributed by atoms with E-state index in [1.54, 1.807) is 5.38 Å². The van der Waals surface area contributed by atoms with Crippen molar-refractivity contribution < 1.29 is 29.1 Å². The quantitative estimate of drug-likeness (QED) is 0.285. The van der Waals surface area contributed by atoms with Crippen molar-refractivity contribution in [1.29, 1.82) is 0 Å². The maximum atomic E-state index is 12.6. The van der Waals surface area contributed by atoms with Crippen LogP contribution >= 0.6 is 35.5 Å². The molecule has 4 N–H and O–H groups in total. The molecular weight excluding hydrogens is 446 g/mol. The molecule has 0 saturated carbocycles. The molecule has 11 nitrogen and oxygen atoms in total. The lowest BCUT2D eigenvalue weighted by Crippen LogP contribution is -2.71. The van der Waals surface area contributed by atoms with E-state index in [2.05, 4.69) is 15.5 Å². The van der Waals surface area contributed by atoms with Gasteiger partial charge in [0, 0.05) is 18.2 Å². The van der Waals surface area contributed by atoms with Crippen molar-refractivity contribution in [2.24, 2.45) is 5.16 Å². The molecule has 1 fully saturated rings. The molecule has 3 rings (SSSR count). The number of β-lactam (4-membered cyclic amide) rings is 1. The largest absolute Gasteiger partial charge is 0.477 e. The van der Waals surface area contributed by atoms with Gasteiger partial charge in [-0.3, -0.25) is 14.5 Å². The van der Waals surface area contributed by atoms with Crippen LogP contribution in [-0.2, 0) is 24.0 Å². The van der Waals surface area contributed by atoms with E-state index in [9.17, 15) is 19.5 Å². The van der Waals surface area contributed by atoms with Gasteiger partial charge in [0.05, 0.1) is 6.61 Å². The van der Waals surface area contributed by atoms with Crippen molar-refractivity contribution in [2.45, 2.75) is 11.4 Å². The van der Waals surface area contributed by atoms with Crippen LogP contribution in [0.25, 0.3) is 0 Å². The summed E-state index contributed by atoms with van der Waals surface area (Å²) in [5.74, 6) is -2.03. The van der Waals surface area contributed by atoms with Gasteiger partial charge in [0.15, 0.2) is 10.8 Å². The third kappa shape index (κ3) is 4.32. The molecule has 2 aliphatic rings. The highest BCUT2D eigenvalue weighted by Crippen LogP contribution is 2.40. The van der Waals surface area contributed by atoms with Crippen LogP contribution in [0.4, 0.5) is 5.13 Å². The Balaban J connectivity index is 0.00000300. The van der Waals surface area contributed by atoms with Crippen molar-refractivity contribution in [2.75, 3.05) is 32.3 Å².